The molecule has 3 rings (SSSR count). The Morgan fingerprint density at radius 2 is 1.71 bits per heavy atom. The van der Waals surface area contributed by atoms with Crippen LogP contribution in [0, 0.1) is 0 Å². The van der Waals surface area contributed by atoms with Gasteiger partial charge in [0.1, 0.15) is 5.69 Å². The molecule has 1 amide bonds. The molecule has 108 valence electrons. The Morgan fingerprint density at radius 3 is 2.33 bits per heavy atom. The van der Waals surface area contributed by atoms with E-state index >= 15 is 0 Å². The standard InChI is InChI=1S/C13H13BrN6O/c14-10-7-17-13(18-8-10)20-5-3-19(4-6-20)12(21)11-9-15-1-2-16-11/h1-2,7-9H,3-6H2. The average Bonchev–Trinajstić information content (AvgIpc) is 2.56. The van der Waals surface area contributed by atoms with Gasteiger partial charge in [-0.3, -0.25) is 9.78 Å². The minimum atomic E-state index is -0.0838. The van der Waals surface area contributed by atoms with Crippen molar-refractivity contribution in [3.8, 4) is 0 Å². The molecule has 3 heterocycles. The summed E-state index contributed by atoms with van der Waals surface area (Å²) in [4.78, 5) is 32.6. The summed E-state index contributed by atoms with van der Waals surface area (Å²) in [5.41, 5.74) is 0.380. The Labute approximate surface area is 130 Å². The fourth-order valence-electron chi connectivity index (χ4n) is 2.15. The molecule has 8 heteroatoms. The highest BCUT2D eigenvalue weighted by Crippen LogP contribution is 2.14. The first-order valence-electron chi connectivity index (χ1n) is 6.52. The maximum Gasteiger partial charge on any atom is 0.274 e. The first-order valence-corrected chi connectivity index (χ1v) is 7.31. The SMILES string of the molecule is O=C(c1cnccn1)N1CCN(c2ncc(Br)cn2)CC1. The van der Waals surface area contributed by atoms with E-state index < -0.39 is 0 Å². The number of halogens is 1. The van der Waals surface area contributed by atoms with Crippen molar-refractivity contribution in [1.82, 2.24) is 24.8 Å². The maximum absolute atomic E-state index is 12.3. The van der Waals surface area contributed by atoms with Gasteiger partial charge >= 0.3 is 0 Å². The number of nitrogens with zero attached hydrogens (tertiary/aromatic N) is 6. The third-order valence-electron chi connectivity index (χ3n) is 3.24. The molecule has 0 bridgehead atoms. The molecule has 0 aromatic carbocycles. The number of carbonyl (C=O) groups excluding carboxylic acids is 1. The second kappa shape index (κ2) is 6.13. The normalized spacial score (nSPS) is 15.1. The summed E-state index contributed by atoms with van der Waals surface area (Å²) in [7, 11) is 0. The van der Waals surface area contributed by atoms with Crippen LogP contribution in [0.4, 0.5) is 5.95 Å². The van der Waals surface area contributed by atoms with Crippen molar-refractivity contribution in [2.24, 2.45) is 0 Å². The zero-order valence-electron chi connectivity index (χ0n) is 11.2. The Morgan fingerprint density at radius 1 is 1.00 bits per heavy atom. The minimum Gasteiger partial charge on any atom is -0.337 e. The van der Waals surface area contributed by atoms with Gasteiger partial charge in [0.05, 0.1) is 10.7 Å². The molecular weight excluding hydrogens is 336 g/mol. The second-order valence-electron chi connectivity index (χ2n) is 4.57. The molecule has 2 aromatic heterocycles. The van der Waals surface area contributed by atoms with E-state index in [1.807, 2.05) is 0 Å². The molecule has 1 aliphatic rings. The van der Waals surface area contributed by atoms with Crippen molar-refractivity contribution in [3.63, 3.8) is 0 Å². The monoisotopic (exact) mass is 348 g/mol. The molecule has 2 aromatic rings. The molecule has 7 nitrogen and oxygen atoms in total. The minimum absolute atomic E-state index is 0.0838. The summed E-state index contributed by atoms with van der Waals surface area (Å²) >= 11 is 3.31. The number of aromatic nitrogens is 4. The summed E-state index contributed by atoms with van der Waals surface area (Å²) in [5, 5.41) is 0. The van der Waals surface area contributed by atoms with Crippen molar-refractivity contribution in [3.05, 3.63) is 41.2 Å². The van der Waals surface area contributed by atoms with Gasteiger partial charge in [-0.1, -0.05) is 0 Å². The fraction of sp³-hybridized carbons (Fsp3) is 0.308. The lowest BCUT2D eigenvalue weighted by atomic mass is 10.3. The Bertz CT molecular complexity index is 612. The highest BCUT2D eigenvalue weighted by atomic mass is 79.9. The van der Waals surface area contributed by atoms with Crippen molar-refractivity contribution in [2.45, 2.75) is 0 Å². The first kappa shape index (κ1) is 13.9. The van der Waals surface area contributed by atoms with E-state index in [2.05, 4.69) is 40.8 Å². The van der Waals surface area contributed by atoms with Crippen LogP contribution in [-0.2, 0) is 0 Å². The summed E-state index contributed by atoms with van der Waals surface area (Å²) < 4.78 is 0.850. The highest BCUT2D eigenvalue weighted by Gasteiger charge is 2.24. The quantitative estimate of drug-likeness (QED) is 0.805. The van der Waals surface area contributed by atoms with Crippen molar-refractivity contribution in [1.29, 1.82) is 0 Å². The van der Waals surface area contributed by atoms with Crippen LogP contribution in [0.1, 0.15) is 10.5 Å². The largest absolute Gasteiger partial charge is 0.337 e. The van der Waals surface area contributed by atoms with Crippen LogP contribution in [0.2, 0.25) is 0 Å². The van der Waals surface area contributed by atoms with Crippen molar-refractivity contribution in [2.75, 3.05) is 31.1 Å². The number of carbonyl (C=O) groups is 1. The molecule has 0 N–H and O–H groups in total. The predicted octanol–water partition coefficient (Wildman–Crippen LogP) is 0.991. The third-order valence-corrected chi connectivity index (χ3v) is 3.65. The number of rotatable bonds is 2. The lowest BCUT2D eigenvalue weighted by molar-refractivity contribution is 0.0740. The van der Waals surface area contributed by atoms with E-state index in [0.717, 1.165) is 4.47 Å². The molecule has 0 atom stereocenters. The van der Waals surface area contributed by atoms with Gasteiger partial charge in [0.15, 0.2) is 0 Å². The van der Waals surface area contributed by atoms with Crippen LogP contribution in [0.25, 0.3) is 0 Å². The molecule has 1 fully saturated rings. The van der Waals surface area contributed by atoms with Crippen LogP contribution >= 0.6 is 15.9 Å². The van der Waals surface area contributed by atoms with E-state index in [4.69, 9.17) is 0 Å². The lowest BCUT2D eigenvalue weighted by Gasteiger charge is -2.34. The van der Waals surface area contributed by atoms with Gasteiger partial charge in [-0.05, 0) is 15.9 Å². The summed E-state index contributed by atoms with van der Waals surface area (Å²) in [5.74, 6) is 0.601. The molecule has 0 unspecified atom stereocenters. The second-order valence-corrected chi connectivity index (χ2v) is 5.49. The van der Waals surface area contributed by atoms with Crippen LogP contribution in [0.3, 0.4) is 0 Å². The molecular formula is C13H13BrN6O. The van der Waals surface area contributed by atoms with Crippen molar-refractivity contribution < 1.29 is 4.79 Å². The Hall–Kier alpha value is -2.09. The number of hydrogen-bond donors (Lipinski definition) is 0. The summed E-state index contributed by atoms with van der Waals surface area (Å²) in [6.45, 7) is 2.64. The number of piperazine rings is 1. The molecule has 1 saturated heterocycles. The van der Waals surface area contributed by atoms with Crippen LogP contribution in [0.5, 0.6) is 0 Å². The third kappa shape index (κ3) is 3.15. The van der Waals surface area contributed by atoms with Crippen molar-refractivity contribution >= 4 is 27.8 Å². The maximum atomic E-state index is 12.3. The van der Waals surface area contributed by atoms with E-state index in [1.165, 1.54) is 12.4 Å². The van der Waals surface area contributed by atoms with Gasteiger partial charge in [-0.2, -0.15) is 0 Å². The number of hydrogen-bond acceptors (Lipinski definition) is 6. The zero-order valence-corrected chi connectivity index (χ0v) is 12.8. The van der Waals surface area contributed by atoms with Gasteiger partial charge in [0.2, 0.25) is 5.95 Å². The van der Waals surface area contributed by atoms with E-state index in [-0.39, 0.29) is 5.91 Å². The highest BCUT2D eigenvalue weighted by molar-refractivity contribution is 9.10. The average molecular weight is 349 g/mol. The Kier molecular flexibility index (Phi) is 4.05. The van der Waals surface area contributed by atoms with E-state index in [1.54, 1.807) is 23.5 Å². The van der Waals surface area contributed by atoms with Gasteiger partial charge in [-0.25, -0.2) is 15.0 Å². The molecule has 0 aliphatic carbocycles. The molecule has 1 aliphatic heterocycles. The van der Waals surface area contributed by atoms with Gasteiger partial charge in [-0.15, -0.1) is 0 Å². The van der Waals surface area contributed by atoms with Crippen LogP contribution in [0.15, 0.2) is 35.5 Å². The Balaban J connectivity index is 1.63. The van der Waals surface area contributed by atoms with Gasteiger partial charge in [0.25, 0.3) is 5.91 Å². The first-order chi connectivity index (χ1) is 10.2. The van der Waals surface area contributed by atoms with Gasteiger partial charge < -0.3 is 9.80 Å². The van der Waals surface area contributed by atoms with Gasteiger partial charge in [0, 0.05) is 51.0 Å². The predicted molar refractivity (Wildman–Crippen MR) is 79.9 cm³/mol. The smallest absolute Gasteiger partial charge is 0.274 e. The lowest BCUT2D eigenvalue weighted by Crippen LogP contribution is -2.49. The molecule has 21 heavy (non-hydrogen) atoms. The number of amides is 1. The van der Waals surface area contributed by atoms with Crippen LogP contribution in [-0.4, -0.2) is 56.9 Å². The molecule has 0 radical (unpaired) electrons. The zero-order chi connectivity index (χ0) is 14.7. The molecule has 0 spiro atoms. The van der Waals surface area contributed by atoms with Crippen LogP contribution < -0.4 is 4.90 Å². The fourth-order valence-corrected chi connectivity index (χ4v) is 2.35. The van der Waals surface area contributed by atoms with E-state index in [9.17, 15) is 4.79 Å². The van der Waals surface area contributed by atoms with E-state index in [0.29, 0.717) is 37.8 Å². The molecule has 0 saturated carbocycles. The summed E-state index contributed by atoms with van der Waals surface area (Å²) in [6, 6.07) is 0. The number of anilines is 1. The topological polar surface area (TPSA) is 75.1 Å². The summed E-state index contributed by atoms with van der Waals surface area (Å²) in [6.07, 6.45) is 8.02.